The summed E-state index contributed by atoms with van der Waals surface area (Å²) in [6, 6.07) is 3.74. The molecular formula is C12H19NO2S. The normalized spacial score (nSPS) is 10.6. The molecule has 0 saturated heterocycles. The molecule has 0 fully saturated rings. The lowest BCUT2D eigenvalue weighted by molar-refractivity contribution is 0.354. The number of methoxy groups -OCH3 is 2. The fraction of sp³-hybridized carbons (Fsp3) is 0.500. The lowest BCUT2D eigenvalue weighted by Crippen LogP contribution is -1.97. The SMILES string of the molecule is COc1cc(N)c(SCC(C)C)cc1OC. The standard InChI is InChI=1S/C12H19NO2S/c1-8(2)7-16-12-6-11(15-4)10(14-3)5-9(12)13/h5-6,8H,7,13H2,1-4H3. The maximum atomic E-state index is 5.95. The Labute approximate surface area is 101 Å². The van der Waals surface area contributed by atoms with Crippen molar-refractivity contribution >= 4 is 17.4 Å². The van der Waals surface area contributed by atoms with Crippen molar-refractivity contribution in [2.24, 2.45) is 5.92 Å². The number of anilines is 1. The van der Waals surface area contributed by atoms with E-state index in [9.17, 15) is 0 Å². The minimum Gasteiger partial charge on any atom is -0.493 e. The molecule has 0 amide bonds. The van der Waals surface area contributed by atoms with Crippen molar-refractivity contribution in [1.82, 2.24) is 0 Å². The number of rotatable bonds is 5. The van der Waals surface area contributed by atoms with Crippen molar-refractivity contribution in [3.8, 4) is 11.5 Å². The van der Waals surface area contributed by atoms with Crippen LogP contribution in [0.4, 0.5) is 5.69 Å². The fourth-order valence-corrected chi connectivity index (χ4v) is 2.19. The average molecular weight is 241 g/mol. The van der Waals surface area contributed by atoms with Crippen molar-refractivity contribution < 1.29 is 9.47 Å². The van der Waals surface area contributed by atoms with E-state index in [1.165, 1.54) is 0 Å². The van der Waals surface area contributed by atoms with Gasteiger partial charge < -0.3 is 15.2 Å². The zero-order valence-corrected chi connectivity index (χ0v) is 11.1. The van der Waals surface area contributed by atoms with Crippen LogP contribution in [0.15, 0.2) is 17.0 Å². The van der Waals surface area contributed by atoms with Gasteiger partial charge >= 0.3 is 0 Å². The molecule has 0 unspecified atom stereocenters. The Kier molecular flexibility index (Phi) is 4.80. The van der Waals surface area contributed by atoms with Crippen LogP contribution in [0, 0.1) is 5.92 Å². The first-order chi connectivity index (χ1) is 7.58. The first-order valence-electron chi connectivity index (χ1n) is 5.22. The maximum absolute atomic E-state index is 5.95. The number of nitrogen functional groups attached to an aromatic ring is 1. The van der Waals surface area contributed by atoms with Crippen molar-refractivity contribution in [2.75, 3.05) is 25.7 Å². The van der Waals surface area contributed by atoms with Crippen molar-refractivity contribution in [3.05, 3.63) is 12.1 Å². The van der Waals surface area contributed by atoms with E-state index in [1.54, 1.807) is 26.0 Å². The number of thioether (sulfide) groups is 1. The number of benzene rings is 1. The summed E-state index contributed by atoms with van der Waals surface area (Å²) in [6.07, 6.45) is 0. The molecule has 0 aliphatic rings. The van der Waals surface area contributed by atoms with Gasteiger partial charge in [0.1, 0.15) is 0 Å². The topological polar surface area (TPSA) is 44.5 Å². The summed E-state index contributed by atoms with van der Waals surface area (Å²) in [5.74, 6) is 3.08. The molecule has 1 aromatic rings. The second kappa shape index (κ2) is 5.89. The molecule has 0 aromatic heterocycles. The summed E-state index contributed by atoms with van der Waals surface area (Å²) in [6.45, 7) is 4.37. The molecule has 0 bridgehead atoms. The number of nitrogens with two attached hydrogens (primary N) is 1. The lowest BCUT2D eigenvalue weighted by Gasteiger charge is -2.12. The summed E-state index contributed by atoms with van der Waals surface area (Å²) in [5, 5.41) is 0. The molecule has 1 rings (SSSR count). The summed E-state index contributed by atoms with van der Waals surface area (Å²) in [5.41, 5.74) is 6.69. The van der Waals surface area contributed by atoms with Gasteiger partial charge in [-0.05, 0) is 12.0 Å². The molecule has 16 heavy (non-hydrogen) atoms. The predicted molar refractivity (Wildman–Crippen MR) is 69.5 cm³/mol. The molecular weight excluding hydrogens is 222 g/mol. The second-order valence-electron chi connectivity index (χ2n) is 3.95. The van der Waals surface area contributed by atoms with E-state index in [0.29, 0.717) is 11.7 Å². The van der Waals surface area contributed by atoms with Crippen molar-refractivity contribution in [2.45, 2.75) is 18.7 Å². The van der Waals surface area contributed by atoms with Gasteiger partial charge in [-0.3, -0.25) is 0 Å². The van der Waals surface area contributed by atoms with Gasteiger partial charge in [-0.15, -0.1) is 11.8 Å². The van der Waals surface area contributed by atoms with E-state index in [0.717, 1.165) is 22.1 Å². The Balaban J connectivity index is 2.92. The van der Waals surface area contributed by atoms with E-state index >= 15 is 0 Å². The smallest absolute Gasteiger partial charge is 0.162 e. The summed E-state index contributed by atoms with van der Waals surface area (Å²) < 4.78 is 10.4. The molecule has 4 heteroatoms. The third-order valence-corrected chi connectivity index (χ3v) is 3.59. The van der Waals surface area contributed by atoms with E-state index in [1.807, 2.05) is 12.1 Å². The Morgan fingerprint density at radius 3 is 2.25 bits per heavy atom. The molecule has 0 heterocycles. The van der Waals surface area contributed by atoms with Crippen LogP contribution in [0.25, 0.3) is 0 Å². The molecule has 0 aliphatic heterocycles. The first-order valence-corrected chi connectivity index (χ1v) is 6.21. The highest BCUT2D eigenvalue weighted by Crippen LogP contribution is 2.37. The van der Waals surface area contributed by atoms with Gasteiger partial charge in [-0.25, -0.2) is 0 Å². The lowest BCUT2D eigenvalue weighted by atomic mass is 10.3. The molecule has 0 aliphatic carbocycles. The minimum absolute atomic E-state index is 0.637. The molecule has 2 N–H and O–H groups in total. The van der Waals surface area contributed by atoms with Crippen LogP contribution >= 0.6 is 11.8 Å². The molecule has 0 spiro atoms. The molecule has 0 radical (unpaired) electrons. The van der Waals surface area contributed by atoms with Crippen molar-refractivity contribution in [3.63, 3.8) is 0 Å². The summed E-state index contributed by atoms with van der Waals surface area (Å²) >= 11 is 1.74. The average Bonchev–Trinajstić information content (AvgIpc) is 2.26. The molecule has 3 nitrogen and oxygen atoms in total. The van der Waals surface area contributed by atoms with Gasteiger partial charge in [0.05, 0.1) is 14.2 Å². The quantitative estimate of drug-likeness (QED) is 0.635. The number of hydrogen-bond donors (Lipinski definition) is 1. The van der Waals surface area contributed by atoms with Crippen LogP contribution in [0.2, 0.25) is 0 Å². The fourth-order valence-electron chi connectivity index (χ4n) is 1.26. The van der Waals surface area contributed by atoms with Crippen LogP contribution in [0.1, 0.15) is 13.8 Å². The zero-order valence-electron chi connectivity index (χ0n) is 10.2. The van der Waals surface area contributed by atoms with Crippen LogP contribution in [0.3, 0.4) is 0 Å². The zero-order chi connectivity index (χ0) is 12.1. The largest absolute Gasteiger partial charge is 0.493 e. The molecule has 0 atom stereocenters. The van der Waals surface area contributed by atoms with Gasteiger partial charge in [-0.2, -0.15) is 0 Å². The highest BCUT2D eigenvalue weighted by atomic mass is 32.2. The predicted octanol–water partition coefficient (Wildman–Crippen LogP) is 3.03. The summed E-state index contributed by atoms with van der Waals surface area (Å²) in [7, 11) is 3.24. The van der Waals surface area contributed by atoms with E-state index in [4.69, 9.17) is 15.2 Å². The van der Waals surface area contributed by atoms with Gasteiger partial charge in [0.15, 0.2) is 11.5 Å². The van der Waals surface area contributed by atoms with E-state index in [2.05, 4.69) is 13.8 Å². The second-order valence-corrected chi connectivity index (χ2v) is 5.01. The molecule has 90 valence electrons. The Hall–Kier alpha value is -1.03. The van der Waals surface area contributed by atoms with Crippen LogP contribution in [-0.2, 0) is 0 Å². The Morgan fingerprint density at radius 1 is 1.19 bits per heavy atom. The highest BCUT2D eigenvalue weighted by Gasteiger charge is 2.09. The van der Waals surface area contributed by atoms with Crippen LogP contribution in [0.5, 0.6) is 11.5 Å². The Morgan fingerprint density at radius 2 is 1.75 bits per heavy atom. The van der Waals surface area contributed by atoms with Gasteiger partial charge in [-0.1, -0.05) is 13.8 Å². The van der Waals surface area contributed by atoms with Gasteiger partial charge in [0, 0.05) is 22.4 Å². The first kappa shape index (κ1) is 13.0. The van der Waals surface area contributed by atoms with E-state index < -0.39 is 0 Å². The maximum Gasteiger partial charge on any atom is 0.162 e. The third kappa shape index (κ3) is 3.23. The van der Waals surface area contributed by atoms with Gasteiger partial charge in [0.25, 0.3) is 0 Å². The summed E-state index contributed by atoms with van der Waals surface area (Å²) in [4.78, 5) is 1.05. The van der Waals surface area contributed by atoms with Crippen molar-refractivity contribution in [1.29, 1.82) is 0 Å². The van der Waals surface area contributed by atoms with E-state index in [-0.39, 0.29) is 0 Å². The third-order valence-electron chi connectivity index (χ3n) is 2.09. The van der Waals surface area contributed by atoms with Crippen LogP contribution in [-0.4, -0.2) is 20.0 Å². The monoisotopic (exact) mass is 241 g/mol. The number of hydrogen-bond acceptors (Lipinski definition) is 4. The Bertz CT molecular complexity index is 353. The van der Waals surface area contributed by atoms with Crippen LogP contribution < -0.4 is 15.2 Å². The molecule has 1 aromatic carbocycles. The number of ether oxygens (including phenoxy) is 2. The minimum atomic E-state index is 0.637. The highest BCUT2D eigenvalue weighted by molar-refractivity contribution is 7.99. The van der Waals surface area contributed by atoms with Gasteiger partial charge in [0.2, 0.25) is 0 Å². The molecule has 0 saturated carbocycles.